The highest BCUT2D eigenvalue weighted by Gasteiger charge is 2.42. The van der Waals surface area contributed by atoms with Crippen LogP contribution >= 0.6 is 0 Å². The topological polar surface area (TPSA) is 40.5 Å². The summed E-state index contributed by atoms with van der Waals surface area (Å²) in [6, 6.07) is 13.8. The molecule has 1 aliphatic rings. The van der Waals surface area contributed by atoms with Crippen molar-refractivity contribution >= 4 is 16.7 Å². The highest BCUT2D eigenvalue weighted by molar-refractivity contribution is 5.99. The molecule has 1 atom stereocenters. The van der Waals surface area contributed by atoms with Crippen molar-refractivity contribution in [3.05, 3.63) is 48.0 Å². The van der Waals surface area contributed by atoms with Crippen molar-refractivity contribution in [1.82, 2.24) is 4.90 Å². The molecule has 0 spiro atoms. The van der Waals surface area contributed by atoms with Crippen LogP contribution in [0.2, 0.25) is 0 Å². The number of rotatable bonds is 1. The lowest BCUT2D eigenvalue weighted by molar-refractivity contribution is 0.0394. The van der Waals surface area contributed by atoms with Crippen molar-refractivity contribution < 1.29 is 9.90 Å². The fourth-order valence-corrected chi connectivity index (χ4v) is 2.91. The third kappa shape index (κ3) is 1.98. The van der Waals surface area contributed by atoms with E-state index < -0.39 is 11.6 Å². The molecular formula is C17H19NO2. The summed E-state index contributed by atoms with van der Waals surface area (Å²) in [5, 5.41) is 12.2. The normalized spacial score (nSPS) is 21.4. The fourth-order valence-electron chi connectivity index (χ4n) is 2.91. The molecule has 0 saturated carbocycles. The number of likely N-dealkylation sites (tertiary alicyclic amines) is 1. The minimum absolute atomic E-state index is 0.00250. The van der Waals surface area contributed by atoms with Gasteiger partial charge in [-0.05, 0) is 43.2 Å². The second-order valence-corrected chi connectivity index (χ2v) is 5.98. The molecule has 0 radical (unpaired) electrons. The number of benzene rings is 2. The van der Waals surface area contributed by atoms with Crippen LogP contribution in [0.3, 0.4) is 0 Å². The summed E-state index contributed by atoms with van der Waals surface area (Å²) >= 11 is 0. The van der Waals surface area contributed by atoms with E-state index in [1.165, 1.54) is 0 Å². The molecule has 1 amide bonds. The Morgan fingerprint density at radius 3 is 2.55 bits per heavy atom. The van der Waals surface area contributed by atoms with Gasteiger partial charge in [0.1, 0.15) is 0 Å². The Morgan fingerprint density at radius 1 is 1.20 bits per heavy atom. The fraction of sp³-hybridized carbons (Fsp3) is 0.353. The summed E-state index contributed by atoms with van der Waals surface area (Å²) in [4.78, 5) is 14.4. The predicted octanol–water partition coefficient (Wildman–Crippen LogP) is 2.83. The van der Waals surface area contributed by atoms with Gasteiger partial charge in [0.15, 0.2) is 0 Å². The van der Waals surface area contributed by atoms with E-state index in [1.807, 2.05) is 56.3 Å². The quantitative estimate of drug-likeness (QED) is 0.864. The second-order valence-electron chi connectivity index (χ2n) is 5.98. The maximum absolute atomic E-state index is 12.7. The van der Waals surface area contributed by atoms with Crippen molar-refractivity contribution in [2.75, 3.05) is 6.54 Å². The minimum atomic E-state index is -0.497. The number of aliphatic hydroxyl groups is 1. The molecule has 1 fully saturated rings. The first kappa shape index (κ1) is 13.1. The number of fused-ring (bicyclic) bond motifs is 1. The van der Waals surface area contributed by atoms with Gasteiger partial charge >= 0.3 is 0 Å². The number of nitrogens with zero attached hydrogens (tertiary/aromatic N) is 1. The molecular weight excluding hydrogens is 250 g/mol. The standard InChI is InChI=1S/C17H19NO2/c1-17(2)15(19)9-10-18(17)16(20)14-8-7-12-5-3-4-6-13(12)11-14/h3-8,11,15,19H,9-10H2,1-2H3. The van der Waals surface area contributed by atoms with Gasteiger partial charge in [0, 0.05) is 12.1 Å². The Morgan fingerprint density at radius 2 is 1.90 bits per heavy atom. The third-order valence-electron chi connectivity index (χ3n) is 4.38. The summed E-state index contributed by atoms with van der Waals surface area (Å²) in [7, 11) is 0. The van der Waals surface area contributed by atoms with Crippen LogP contribution in [0.4, 0.5) is 0 Å². The number of hydrogen-bond donors (Lipinski definition) is 1. The van der Waals surface area contributed by atoms with Crippen LogP contribution in [0, 0.1) is 0 Å². The SMILES string of the molecule is CC1(C)C(O)CCN1C(=O)c1ccc2ccccc2c1. The van der Waals surface area contributed by atoms with E-state index in [0.717, 1.165) is 10.8 Å². The summed E-state index contributed by atoms with van der Waals surface area (Å²) in [6.45, 7) is 4.45. The zero-order valence-electron chi connectivity index (χ0n) is 11.8. The number of hydrogen-bond acceptors (Lipinski definition) is 2. The first-order valence-electron chi connectivity index (χ1n) is 6.99. The van der Waals surface area contributed by atoms with Crippen LogP contribution in [-0.4, -0.2) is 34.1 Å². The number of amides is 1. The molecule has 0 bridgehead atoms. The molecule has 1 N–H and O–H groups in total. The largest absolute Gasteiger partial charge is 0.391 e. The molecule has 3 nitrogen and oxygen atoms in total. The Balaban J connectivity index is 1.97. The zero-order chi connectivity index (χ0) is 14.3. The molecule has 104 valence electrons. The van der Waals surface area contributed by atoms with Gasteiger partial charge in [-0.25, -0.2) is 0 Å². The van der Waals surface area contributed by atoms with Gasteiger partial charge < -0.3 is 10.0 Å². The van der Waals surface area contributed by atoms with E-state index in [0.29, 0.717) is 18.5 Å². The molecule has 0 aromatic heterocycles. The lowest BCUT2D eigenvalue weighted by Gasteiger charge is -2.33. The smallest absolute Gasteiger partial charge is 0.254 e. The van der Waals surface area contributed by atoms with Crippen molar-refractivity contribution in [3.8, 4) is 0 Å². The molecule has 2 aromatic carbocycles. The molecule has 0 aliphatic carbocycles. The van der Waals surface area contributed by atoms with Crippen LogP contribution in [-0.2, 0) is 0 Å². The van der Waals surface area contributed by atoms with E-state index in [2.05, 4.69) is 0 Å². The minimum Gasteiger partial charge on any atom is -0.391 e. The number of carbonyl (C=O) groups is 1. The maximum atomic E-state index is 12.7. The molecule has 1 heterocycles. The Hall–Kier alpha value is -1.87. The van der Waals surface area contributed by atoms with Crippen LogP contribution in [0.1, 0.15) is 30.6 Å². The van der Waals surface area contributed by atoms with Gasteiger partial charge in [0.05, 0.1) is 11.6 Å². The van der Waals surface area contributed by atoms with E-state index in [4.69, 9.17) is 0 Å². The molecule has 20 heavy (non-hydrogen) atoms. The highest BCUT2D eigenvalue weighted by Crippen LogP contribution is 2.30. The predicted molar refractivity (Wildman–Crippen MR) is 79.7 cm³/mol. The Bertz CT molecular complexity index is 663. The Labute approximate surface area is 118 Å². The molecule has 3 heteroatoms. The molecule has 2 aromatic rings. The summed E-state index contributed by atoms with van der Waals surface area (Å²) in [6.07, 6.45) is 0.193. The highest BCUT2D eigenvalue weighted by atomic mass is 16.3. The molecule has 1 saturated heterocycles. The van der Waals surface area contributed by atoms with Gasteiger partial charge in [0.25, 0.3) is 5.91 Å². The van der Waals surface area contributed by atoms with Gasteiger partial charge in [-0.15, -0.1) is 0 Å². The number of carbonyl (C=O) groups excluding carboxylic acids is 1. The lowest BCUT2D eigenvalue weighted by atomic mass is 9.97. The van der Waals surface area contributed by atoms with Gasteiger partial charge in [-0.3, -0.25) is 4.79 Å². The summed E-state index contributed by atoms with van der Waals surface area (Å²) in [5.74, 6) is -0.00250. The monoisotopic (exact) mass is 269 g/mol. The van der Waals surface area contributed by atoms with Crippen molar-refractivity contribution in [1.29, 1.82) is 0 Å². The van der Waals surface area contributed by atoms with Crippen LogP contribution in [0.25, 0.3) is 10.8 Å². The van der Waals surface area contributed by atoms with Gasteiger partial charge in [-0.1, -0.05) is 30.3 Å². The summed E-state index contributed by atoms with van der Waals surface area (Å²) < 4.78 is 0. The first-order chi connectivity index (χ1) is 9.50. The second kappa shape index (κ2) is 4.60. The van der Waals surface area contributed by atoms with Crippen LogP contribution in [0.15, 0.2) is 42.5 Å². The average Bonchev–Trinajstić information content (AvgIpc) is 2.72. The molecule has 1 unspecified atom stereocenters. The molecule has 3 rings (SSSR count). The van der Waals surface area contributed by atoms with Gasteiger partial charge in [0.2, 0.25) is 0 Å². The zero-order valence-corrected chi connectivity index (χ0v) is 11.8. The van der Waals surface area contributed by atoms with E-state index >= 15 is 0 Å². The van der Waals surface area contributed by atoms with Crippen molar-refractivity contribution in [3.63, 3.8) is 0 Å². The van der Waals surface area contributed by atoms with Crippen molar-refractivity contribution in [2.24, 2.45) is 0 Å². The van der Waals surface area contributed by atoms with E-state index in [9.17, 15) is 9.90 Å². The third-order valence-corrected chi connectivity index (χ3v) is 4.38. The Kier molecular flexibility index (Phi) is 3.02. The average molecular weight is 269 g/mol. The van der Waals surface area contributed by atoms with Crippen LogP contribution < -0.4 is 0 Å². The van der Waals surface area contributed by atoms with E-state index in [1.54, 1.807) is 4.90 Å². The van der Waals surface area contributed by atoms with Gasteiger partial charge in [-0.2, -0.15) is 0 Å². The first-order valence-corrected chi connectivity index (χ1v) is 6.99. The van der Waals surface area contributed by atoms with E-state index in [-0.39, 0.29) is 5.91 Å². The van der Waals surface area contributed by atoms with Crippen LogP contribution in [0.5, 0.6) is 0 Å². The molecule has 1 aliphatic heterocycles. The lowest BCUT2D eigenvalue weighted by Crippen LogP contribution is -2.48. The number of aliphatic hydroxyl groups excluding tert-OH is 1. The summed E-state index contributed by atoms with van der Waals surface area (Å²) in [5.41, 5.74) is 0.189. The van der Waals surface area contributed by atoms with Crippen molar-refractivity contribution in [2.45, 2.75) is 31.9 Å². The maximum Gasteiger partial charge on any atom is 0.254 e.